The molecule has 0 spiro atoms. The van der Waals surface area contributed by atoms with Crippen LogP contribution in [0.4, 0.5) is 0 Å². The molecule has 0 aliphatic carbocycles. The van der Waals surface area contributed by atoms with E-state index in [1.807, 2.05) is 29.9 Å². The first kappa shape index (κ1) is 13.6. The van der Waals surface area contributed by atoms with Gasteiger partial charge < -0.3 is 10.1 Å². The van der Waals surface area contributed by atoms with Gasteiger partial charge in [0.05, 0.1) is 24.4 Å². The summed E-state index contributed by atoms with van der Waals surface area (Å²) < 4.78 is 7.82. The number of hydrogen-bond acceptors (Lipinski definition) is 3. The molecule has 2 heterocycles. The summed E-state index contributed by atoms with van der Waals surface area (Å²) in [6, 6.07) is 5.79. The molecule has 6 heteroatoms. The zero-order valence-corrected chi connectivity index (χ0v) is 11.6. The summed E-state index contributed by atoms with van der Waals surface area (Å²) in [6.07, 6.45) is 0.0530. The molecule has 3 rings (SSSR count). The SMILES string of the molecule is CNCC1OCCn2nc3ccc(Cl)cc3c21.Cl. The van der Waals surface area contributed by atoms with Gasteiger partial charge in [-0.3, -0.25) is 4.68 Å². The number of rotatable bonds is 2. The summed E-state index contributed by atoms with van der Waals surface area (Å²) in [7, 11) is 1.92. The van der Waals surface area contributed by atoms with Crippen LogP contribution in [0.15, 0.2) is 18.2 Å². The Bertz CT molecular complexity index is 555. The van der Waals surface area contributed by atoms with Gasteiger partial charge in [0.1, 0.15) is 6.10 Å². The fourth-order valence-corrected chi connectivity index (χ4v) is 2.51. The van der Waals surface area contributed by atoms with Gasteiger partial charge in [0.25, 0.3) is 0 Å². The highest BCUT2D eigenvalue weighted by molar-refractivity contribution is 6.31. The summed E-state index contributed by atoms with van der Waals surface area (Å²) in [5, 5.41) is 9.56. The maximum absolute atomic E-state index is 6.05. The van der Waals surface area contributed by atoms with Gasteiger partial charge >= 0.3 is 0 Å². The fourth-order valence-electron chi connectivity index (χ4n) is 2.34. The van der Waals surface area contributed by atoms with Crippen molar-refractivity contribution < 1.29 is 4.74 Å². The first-order chi connectivity index (χ1) is 8.29. The number of ether oxygens (including phenoxy) is 1. The van der Waals surface area contributed by atoms with Crippen molar-refractivity contribution in [1.82, 2.24) is 15.1 Å². The van der Waals surface area contributed by atoms with Gasteiger partial charge in [-0.1, -0.05) is 11.6 Å². The maximum Gasteiger partial charge on any atom is 0.112 e. The van der Waals surface area contributed by atoms with E-state index >= 15 is 0 Å². The molecule has 18 heavy (non-hydrogen) atoms. The second-order valence-corrected chi connectivity index (χ2v) is 4.62. The topological polar surface area (TPSA) is 39.1 Å². The molecule has 0 radical (unpaired) electrons. The molecule has 98 valence electrons. The van der Waals surface area contributed by atoms with Gasteiger partial charge in [0.2, 0.25) is 0 Å². The Morgan fingerprint density at radius 1 is 1.56 bits per heavy atom. The molecule has 1 unspecified atom stereocenters. The Morgan fingerprint density at radius 2 is 2.39 bits per heavy atom. The predicted molar refractivity (Wildman–Crippen MR) is 74.6 cm³/mol. The molecule has 2 aromatic rings. The number of likely N-dealkylation sites (N-methyl/N-ethyl adjacent to an activating group) is 1. The summed E-state index contributed by atoms with van der Waals surface area (Å²) in [4.78, 5) is 0. The Kier molecular flexibility index (Phi) is 4.12. The largest absolute Gasteiger partial charge is 0.369 e. The molecule has 0 saturated heterocycles. The monoisotopic (exact) mass is 287 g/mol. The molecule has 0 saturated carbocycles. The quantitative estimate of drug-likeness (QED) is 0.922. The number of halogens is 2. The smallest absolute Gasteiger partial charge is 0.112 e. The van der Waals surface area contributed by atoms with Crippen molar-refractivity contribution in [2.75, 3.05) is 20.2 Å². The van der Waals surface area contributed by atoms with Gasteiger partial charge in [0.15, 0.2) is 0 Å². The Labute approximate surface area is 117 Å². The highest BCUT2D eigenvalue weighted by Crippen LogP contribution is 2.30. The molecule has 1 aromatic heterocycles. The van der Waals surface area contributed by atoms with Crippen molar-refractivity contribution in [3.05, 3.63) is 28.9 Å². The molecular formula is C12H15Cl2N3O. The van der Waals surface area contributed by atoms with Gasteiger partial charge in [0, 0.05) is 17.0 Å². The van der Waals surface area contributed by atoms with Crippen LogP contribution >= 0.6 is 24.0 Å². The minimum Gasteiger partial charge on any atom is -0.369 e. The van der Waals surface area contributed by atoms with Crippen LogP contribution in [-0.2, 0) is 11.3 Å². The summed E-state index contributed by atoms with van der Waals surface area (Å²) in [6.45, 7) is 2.30. The lowest BCUT2D eigenvalue weighted by Crippen LogP contribution is -2.28. The fraction of sp³-hybridized carbons (Fsp3) is 0.417. The molecule has 1 N–H and O–H groups in total. The third-order valence-corrected chi connectivity index (χ3v) is 3.29. The molecule has 1 aromatic carbocycles. The van der Waals surface area contributed by atoms with Crippen molar-refractivity contribution in [2.45, 2.75) is 12.6 Å². The Balaban J connectivity index is 0.00000120. The van der Waals surface area contributed by atoms with Crippen LogP contribution in [-0.4, -0.2) is 30.0 Å². The number of benzene rings is 1. The van der Waals surface area contributed by atoms with E-state index in [1.165, 1.54) is 0 Å². The number of fused-ring (bicyclic) bond motifs is 3. The van der Waals surface area contributed by atoms with Crippen LogP contribution < -0.4 is 5.32 Å². The second-order valence-electron chi connectivity index (χ2n) is 4.19. The zero-order valence-electron chi connectivity index (χ0n) is 10.0. The first-order valence-corrected chi connectivity index (χ1v) is 6.09. The van der Waals surface area contributed by atoms with Gasteiger partial charge in [-0.25, -0.2) is 0 Å². The van der Waals surface area contributed by atoms with Gasteiger partial charge in [-0.05, 0) is 25.2 Å². The van der Waals surface area contributed by atoms with E-state index < -0.39 is 0 Å². The molecule has 0 amide bonds. The molecular weight excluding hydrogens is 273 g/mol. The lowest BCUT2D eigenvalue weighted by atomic mass is 10.1. The highest BCUT2D eigenvalue weighted by atomic mass is 35.5. The minimum atomic E-state index is 0. The third kappa shape index (κ3) is 2.21. The summed E-state index contributed by atoms with van der Waals surface area (Å²) >= 11 is 6.05. The summed E-state index contributed by atoms with van der Waals surface area (Å²) in [5.41, 5.74) is 2.11. The lowest BCUT2D eigenvalue weighted by Gasteiger charge is -2.24. The van der Waals surface area contributed by atoms with Crippen molar-refractivity contribution in [3.8, 4) is 0 Å². The van der Waals surface area contributed by atoms with Gasteiger partial charge in [-0.2, -0.15) is 5.10 Å². The van der Waals surface area contributed by atoms with E-state index in [-0.39, 0.29) is 18.5 Å². The molecule has 1 aliphatic heterocycles. The first-order valence-electron chi connectivity index (χ1n) is 5.72. The number of hydrogen-bond donors (Lipinski definition) is 1. The van der Waals surface area contributed by atoms with Crippen molar-refractivity contribution in [3.63, 3.8) is 0 Å². The zero-order chi connectivity index (χ0) is 11.8. The van der Waals surface area contributed by atoms with Crippen LogP contribution in [0.1, 0.15) is 11.8 Å². The van der Waals surface area contributed by atoms with E-state index in [2.05, 4.69) is 10.4 Å². The third-order valence-electron chi connectivity index (χ3n) is 3.06. The van der Waals surface area contributed by atoms with Crippen molar-refractivity contribution in [1.29, 1.82) is 0 Å². The van der Waals surface area contributed by atoms with E-state index in [0.717, 1.165) is 34.7 Å². The van der Waals surface area contributed by atoms with Crippen LogP contribution in [0.5, 0.6) is 0 Å². The molecule has 0 fully saturated rings. The van der Waals surface area contributed by atoms with Gasteiger partial charge in [-0.15, -0.1) is 12.4 Å². The number of aromatic nitrogens is 2. The van der Waals surface area contributed by atoms with E-state index in [4.69, 9.17) is 16.3 Å². The molecule has 0 bridgehead atoms. The standard InChI is InChI=1S/C12H14ClN3O.ClH/c1-14-7-11-12-9-6-8(13)2-3-10(9)15-16(12)4-5-17-11;/h2-3,6,11,14H,4-5,7H2,1H3;1H. The van der Waals surface area contributed by atoms with Crippen LogP contribution in [0.2, 0.25) is 5.02 Å². The van der Waals surface area contributed by atoms with Crippen LogP contribution in [0.3, 0.4) is 0 Å². The van der Waals surface area contributed by atoms with E-state index in [1.54, 1.807) is 0 Å². The van der Waals surface area contributed by atoms with E-state index in [0.29, 0.717) is 6.61 Å². The predicted octanol–water partition coefficient (Wildman–Crippen LogP) is 2.40. The van der Waals surface area contributed by atoms with Crippen LogP contribution in [0, 0.1) is 0 Å². The normalized spacial score (nSPS) is 18.4. The van der Waals surface area contributed by atoms with Crippen molar-refractivity contribution >= 4 is 34.9 Å². The van der Waals surface area contributed by atoms with Crippen LogP contribution in [0.25, 0.3) is 10.9 Å². The molecule has 4 nitrogen and oxygen atoms in total. The number of nitrogens with zero attached hydrogens (tertiary/aromatic N) is 2. The van der Waals surface area contributed by atoms with Crippen molar-refractivity contribution in [2.24, 2.45) is 0 Å². The van der Waals surface area contributed by atoms with E-state index in [9.17, 15) is 0 Å². The second kappa shape index (κ2) is 5.45. The lowest BCUT2D eigenvalue weighted by molar-refractivity contribution is 0.0195. The summed E-state index contributed by atoms with van der Waals surface area (Å²) in [5.74, 6) is 0. The highest BCUT2D eigenvalue weighted by Gasteiger charge is 2.24. The Hall–Kier alpha value is -0.810. The maximum atomic E-state index is 6.05. The average molecular weight is 288 g/mol. The molecule has 1 atom stereocenters. The minimum absolute atomic E-state index is 0. The molecule has 1 aliphatic rings. The Morgan fingerprint density at radius 3 is 3.17 bits per heavy atom. The average Bonchev–Trinajstić information content (AvgIpc) is 2.68. The number of nitrogens with one attached hydrogen (secondary N) is 1.